The molecule has 0 saturated carbocycles. The Morgan fingerprint density at radius 3 is 0.713 bits per heavy atom. The van der Waals surface area contributed by atoms with Gasteiger partial charge in [0.2, 0.25) is 0 Å². The number of carbonyl (C=O) groups is 4. The van der Waals surface area contributed by atoms with Gasteiger partial charge in [-0.1, -0.05) is 280 Å². The Hall–Kier alpha value is -1.94. The van der Waals surface area contributed by atoms with Crippen LogP contribution in [0.5, 0.6) is 0 Å². The van der Waals surface area contributed by atoms with E-state index in [-0.39, 0.29) is 25.7 Å². The molecule has 17 nitrogen and oxygen atoms in total. The monoisotopic (exact) mass is 1280 g/mol. The highest BCUT2D eigenvalue weighted by Crippen LogP contribution is 2.45. The van der Waals surface area contributed by atoms with Crippen LogP contribution < -0.4 is 0 Å². The quantitative estimate of drug-likeness (QED) is 0.0222. The fourth-order valence-electron chi connectivity index (χ4n) is 10.1. The van der Waals surface area contributed by atoms with E-state index in [1.807, 2.05) is 0 Å². The zero-order chi connectivity index (χ0) is 64.7. The number of aliphatic hydroxyl groups is 1. The van der Waals surface area contributed by atoms with Gasteiger partial charge < -0.3 is 33.8 Å². The molecule has 0 aromatic heterocycles. The molecule has 0 bridgehead atoms. The van der Waals surface area contributed by atoms with E-state index in [9.17, 15) is 43.2 Å². The first kappa shape index (κ1) is 85.1. The summed E-state index contributed by atoms with van der Waals surface area (Å²) in [6.45, 7) is 14.0. The average Bonchev–Trinajstić information content (AvgIpc) is 3.68. The minimum Gasteiger partial charge on any atom is -0.462 e. The number of aliphatic hydroxyl groups excluding tert-OH is 1. The number of hydrogen-bond acceptors (Lipinski definition) is 15. The molecule has 0 aromatic rings. The molecule has 3 N–H and O–H groups in total. The number of ether oxygens (including phenoxy) is 4. The second-order valence-electron chi connectivity index (χ2n) is 26.5. The summed E-state index contributed by atoms with van der Waals surface area (Å²) in [5.41, 5.74) is 0. The van der Waals surface area contributed by atoms with Crippen molar-refractivity contribution in [1.82, 2.24) is 0 Å². The van der Waals surface area contributed by atoms with Crippen LogP contribution in [0.4, 0.5) is 0 Å². The van der Waals surface area contributed by atoms with E-state index in [0.717, 1.165) is 114 Å². The standard InChI is InChI=1S/C68H132O17P2/c1-58(2)44-36-28-20-13-10-9-11-15-25-34-42-50-67(72)84-64(55-79-66(71)49-41-33-27-19-23-31-39-47-61(7)8)57-83-87(76,77)81-53-62(69)52-80-86(74,75)82-56-63(54-78-65(70)48-40-32-24-18-17-22-30-38-46-60(5)6)85-68(73)51-43-35-26-16-12-14-21-29-37-45-59(3)4/h58-64,69H,9-57H2,1-8H3,(H,74,75)(H,76,77)/t62?,63-,64-/m1/s1. The Morgan fingerprint density at radius 2 is 0.483 bits per heavy atom. The van der Waals surface area contributed by atoms with Gasteiger partial charge in [0.1, 0.15) is 19.3 Å². The molecule has 0 aromatic carbocycles. The number of esters is 4. The van der Waals surface area contributed by atoms with Gasteiger partial charge in [0, 0.05) is 25.7 Å². The number of unbranched alkanes of at least 4 members (excludes halogenated alkanes) is 31. The van der Waals surface area contributed by atoms with Crippen molar-refractivity contribution in [3.63, 3.8) is 0 Å². The van der Waals surface area contributed by atoms with Gasteiger partial charge >= 0.3 is 39.5 Å². The fourth-order valence-corrected chi connectivity index (χ4v) is 11.7. The second kappa shape index (κ2) is 57.9. The molecule has 0 fully saturated rings. The topological polar surface area (TPSA) is 237 Å². The third-order valence-electron chi connectivity index (χ3n) is 15.6. The van der Waals surface area contributed by atoms with E-state index in [1.54, 1.807) is 0 Å². The normalized spacial score (nSPS) is 14.3. The maximum absolute atomic E-state index is 13.0. The zero-order valence-corrected chi connectivity index (χ0v) is 58.4. The number of rotatable bonds is 65. The molecule has 0 radical (unpaired) electrons. The number of phosphoric acid groups is 2. The van der Waals surface area contributed by atoms with E-state index >= 15 is 0 Å². The van der Waals surface area contributed by atoms with Crippen LogP contribution in [-0.2, 0) is 65.4 Å². The lowest BCUT2D eigenvalue weighted by Gasteiger charge is -2.21. The van der Waals surface area contributed by atoms with Crippen LogP contribution in [-0.4, -0.2) is 96.7 Å². The van der Waals surface area contributed by atoms with Gasteiger partial charge in [-0.15, -0.1) is 0 Å². The minimum atomic E-state index is -4.95. The number of hydrogen-bond donors (Lipinski definition) is 3. The Kier molecular flexibility index (Phi) is 56.6. The van der Waals surface area contributed by atoms with Crippen molar-refractivity contribution in [1.29, 1.82) is 0 Å². The van der Waals surface area contributed by atoms with Gasteiger partial charge in [-0.3, -0.25) is 37.3 Å². The summed E-state index contributed by atoms with van der Waals surface area (Å²) in [5.74, 6) is 0.799. The maximum atomic E-state index is 13.0. The molecular weight excluding hydrogens is 1150 g/mol. The molecule has 0 rings (SSSR count). The van der Waals surface area contributed by atoms with E-state index in [0.29, 0.717) is 31.6 Å². The number of phosphoric ester groups is 2. The Balaban J connectivity index is 5.26. The van der Waals surface area contributed by atoms with Crippen LogP contribution in [0.2, 0.25) is 0 Å². The molecule has 87 heavy (non-hydrogen) atoms. The van der Waals surface area contributed by atoms with Crippen LogP contribution in [0, 0.1) is 23.7 Å². The Bertz CT molecular complexity index is 1730. The average molecular weight is 1280 g/mol. The van der Waals surface area contributed by atoms with Crippen LogP contribution in [0.25, 0.3) is 0 Å². The van der Waals surface area contributed by atoms with Gasteiger partial charge in [0.25, 0.3) is 0 Å². The lowest BCUT2D eigenvalue weighted by molar-refractivity contribution is -0.161. The van der Waals surface area contributed by atoms with Crippen molar-refractivity contribution in [2.24, 2.45) is 23.7 Å². The SMILES string of the molecule is CC(C)CCCCCCCCCCCCCC(=O)O[C@H](COC(=O)CCCCCCCCCC(C)C)COP(=O)(O)OCC(O)COP(=O)(O)OC[C@@H](COC(=O)CCCCCCCCCCC(C)C)OC(=O)CCCCCCCCCCCC(C)C. The lowest BCUT2D eigenvalue weighted by Crippen LogP contribution is -2.30. The van der Waals surface area contributed by atoms with Gasteiger partial charge in [-0.05, 0) is 49.4 Å². The van der Waals surface area contributed by atoms with Crippen LogP contribution in [0.15, 0.2) is 0 Å². The molecule has 0 aliphatic rings. The van der Waals surface area contributed by atoms with E-state index in [2.05, 4.69) is 55.4 Å². The molecule has 19 heteroatoms. The first-order chi connectivity index (χ1) is 41.6. The van der Waals surface area contributed by atoms with E-state index in [1.165, 1.54) is 128 Å². The van der Waals surface area contributed by atoms with Crippen molar-refractivity contribution in [3.8, 4) is 0 Å². The van der Waals surface area contributed by atoms with Crippen LogP contribution >= 0.6 is 15.6 Å². The van der Waals surface area contributed by atoms with E-state index in [4.69, 9.17) is 37.0 Å². The summed E-state index contributed by atoms with van der Waals surface area (Å²) in [4.78, 5) is 72.4. The summed E-state index contributed by atoms with van der Waals surface area (Å²) in [5, 5.41) is 10.6. The van der Waals surface area contributed by atoms with Crippen molar-refractivity contribution >= 4 is 39.5 Å². The third kappa shape index (κ3) is 62.6. The highest BCUT2D eigenvalue weighted by atomic mass is 31.2. The molecular formula is C68H132O17P2. The molecule has 5 atom stereocenters. The summed E-state index contributed by atoms with van der Waals surface area (Å²) >= 11 is 0. The largest absolute Gasteiger partial charge is 0.472 e. The first-order valence-corrected chi connectivity index (χ1v) is 38.2. The molecule has 516 valence electrons. The smallest absolute Gasteiger partial charge is 0.462 e. The van der Waals surface area contributed by atoms with Crippen molar-refractivity contribution in [2.45, 2.75) is 350 Å². The second-order valence-corrected chi connectivity index (χ2v) is 29.4. The predicted octanol–water partition coefficient (Wildman–Crippen LogP) is 18.9. The zero-order valence-electron chi connectivity index (χ0n) is 56.6. The predicted molar refractivity (Wildman–Crippen MR) is 349 cm³/mol. The first-order valence-electron chi connectivity index (χ1n) is 35.2. The molecule has 0 amide bonds. The molecule has 0 saturated heterocycles. The Labute approximate surface area is 530 Å². The lowest BCUT2D eigenvalue weighted by atomic mass is 10.0. The van der Waals surface area contributed by atoms with Crippen LogP contribution in [0.1, 0.15) is 331 Å². The highest BCUT2D eigenvalue weighted by molar-refractivity contribution is 7.47. The van der Waals surface area contributed by atoms with Gasteiger partial charge in [0.15, 0.2) is 12.2 Å². The van der Waals surface area contributed by atoms with E-state index < -0.39 is 97.5 Å². The fraction of sp³-hybridized carbons (Fsp3) is 0.941. The van der Waals surface area contributed by atoms with Crippen molar-refractivity contribution in [3.05, 3.63) is 0 Å². The van der Waals surface area contributed by atoms with Crippen LogP contribution in [0.3, 0.4) is 0 Å². The van der Waals surface area contributed by atoms with Crippen molar-refractivity contribution in [2.75, 3.05) is 39.6 Å². The number of carbonyl (C=O) groups excluding carboxylic acids is 4. The highest BCUT2D eigenvalue weighted by Gasteiger charge is 2.30. The molecule has 0 spiro atoms. The minimum absolute atomic E-state index is 0.104. The molecule has 3 unspecified atom stereocenters. The summed E-state index contributed by atoms with van der Waals surface area (Å²) in [6, 6.07) is 0. The molecule has 0 heterocycles. The van der Waals surface area contributed by atoms with Gasteiger partial charge in [-0.2, -0.15) is 0 Å². The van der Waals surface area contributed by atoms with Crippen molar-refractivity contribution < 1.29 is 80.2 Å². The molecule has 0 aliphatic heterocycles. The summed E-state index contributed by atoms with van der Waals surface area (Å²) < 4.78 is 68.2. The summed E-state index contributed by atoms with van der Waals surface area (Å²) in [6.07, 6.45) is 39.0. The third-order valence-corrected chi connectivity index (χ3v) is 17.5. The summed E-state index contributed by atoms with van der Waals surface area (Å²) in [7, 11) is -9.90. The molecule has 0 aliphatic carbocycles. The van der Waals surface area contributed by atoms with Gasteiger partial charge in [-0.25, -0.2) is 9.13 Å². The maximum Gasteiger partial charge on any atom is 0.472 e. The van der Waals surface area contributed by atoms with Gasteiger partial charge in [0.05, 0.1) is 26.4 Å². The Morgan fingerprint density at radius 1 is 0.287 bits per heavy atom.